The van der Waals surface area contributed by atoms with Crippen molar-refractivity contribution >= 4 is 44.8 Å². The van der Waals surface area contributed by atoms with Gasteiger partial charge in [0.25, 0.3) is 0 Å². The maximum atomic E-state index is 13.0. The minimum Gasteiger partial charge on any atom is -0.495 e. The lowest BCUT2D eigenvalue weighted by molar-refractivity contribution is -0.121. The number of sulfonamides is 1. The van der Waals surface area contributed by atoms with Crippen LogP contribution in [0.2, 0.25) is 10.0 Å². The Bertz CT molecular complexity index is 1050. The number of aryl methyl sites for hydroxylation is 1. The Kier molecular flexibility index (Phi) is 7.49. The van der Waals surface area contributed by atoms with Gasteiger partial charge in [-0.1, -0.05) is 35.3 Å². The molecule has 10 heteroatoms. The third kappa shape index (κ3) is 5.15. The number of methoxy groups -OCH3 is 1. The smallest absolute Gasteiger partial charge is 0.246 e. The molecule has 31 heavy (non-hydrogen) atoms. The van der Waals surface area contributed by atoms with E-state index in [1.54, 1.807) is 26.2 Å². The first kappa shape index (κ1) is 23.8. The van der Waals surface area contributed by atoms with Gasteiger partial charge in [0.2, 0.25) is 15.9 Å². The summed E-state index contributed by atoms with van der Waals surface area (Å²) in [5.74, 6) is 0.396. The first-order valence-corrected chi connectivity index (χ1v) is 12.0. The van der Waals surface area contributed by atoms with Crippen LogP contribution in [0.15, 0.2) is 41.3 Å². The fraction of sp³-hybridized carbons (Fsp3) is 0.381. The largest absolute Gasteiger partial charge is 0.495 e. The molecule has 1 fully saturated rings. The molecular formula is C21H25Cl2N3O4S. The Morgan fingerprint density at radius 1 is 1.10 bits per heavy atom. The second-order valence-electron chi connectivity index (χ2n) is 7.36. The third-order valence-corrected chi connectivity index (χ3v) is 8.18. The van der Waals surface area contributed by atoms with Crippen LogP contribution < -0.4 is 10.1 Å². The normalized spacial score (nSPS) is 16.7. The molecule has 0 bridgehead atoms. The molecule has 1 heterocycles. The van der Waals surface area contributed by atoms with E-state index in [-0.39, 0.29) is 33.9 Å². The van der Waals surface area contributed by atoms with E-state index in [2.05, 4.69) is 5.32 Å². The third-order valence-electron chi connectivity index (χ3n) is 5.33. The summed E-state index contributed by atoms with van der Waals surface area (Å²) < 4.78 is 32.7. The van der Waals surface area contributed by atoms with E-state index in [0.29, 0.717) is 24.5 Å². The first-order valence-electron chi connectivity index (χ1n) is 9.79. The number of nitrogens with one attached hydrogen (secondary N) is 1. The maximum absolute atomic E-state index is 13.0. The number of halogens is 2. The molecule has 1 amide bonds. The topological polar surface area (TPSA) is 79.0 Å². The zero-order chi connectivity index (χ0) is 22.8. The predicted molar refractivity (Wildman–Crippen MR) is 123 cm³/mol. The highest BCUT2D eigenvalue weighted by Gasteiger charge is 2.34. The van der Waals surface area contributed by atoms with E-state index in [1.165, 1.54) is 16.4 Å². The highest BCUT2D eigenvalue weighted by molar-refractivity contribution is 7.89. The van der Waals surface area contributed by atoms with Gasteiger partial charge in [-0.05, 0) is 43.7 Å². The molecule has 7 nitrogen and oxygen atoms in total. The first-order chi connectivity index (χ1) is 14.6. The summed E-state index contributed by atoms with van der Waals surface area (Å²) in [6.07, 6.45) is 0. The summed E-state index contributed by atoms with van der Waals surface area (Å²) in [6.45, 7) is 5.00. The molecular weight excluding hydrogens is 461 g/mol. The second kappa shape index (κ2) is 9.75. The van der Waals surface area contributed by atoms with Crippen molar-refractivity contribution in [2.24, 2.45) is 0 Å². The van der Waals surface area contributed by atoms with Crippen molar-refractivity contribution in [2.45, 2.75) is 24.8 Å². The van der Waals surface area contributed by atoms with Crippen molar-refractivity contribution in [1.82, 2.24) is 9.21 Å². The molecule has 0 radical (unpaired) electrons. The van der Waals surface area contributed by atoms with Crippen molar-refractivity contribution in [3.63, 3.8) is 0 Å². The minimum absolute atomic E-state index is 0.0795. The fourth-order valence-corrected chi connectivity index (χ4v) is 6.03. The fourth-order valence-electron chi connectivity index (χ4n) is 3.51. The molecule has 2 aromatic carbocycles. The van der Waals surface area contributed by atoms with E-state index in [0.717, 1.165) is 5.56 Å². The van der Waals surface area contributed by atoms with Gasteiger partial charge in [-0.2, -0.15) is 4.31 Å². The van der Waals surface area contributed by atoms with Crippen LogP contribution in [0.3, 0.4) is 0 Å². The number of piperazine rings is 1. The van der Waals surface area contributed by atoms with E-state index in [1.807, 2.05) is 24.0 Å². The quantitative estimate of drug-likeness (QED) is 0.675. The van der Waals surface area contributed by atoms with Crippen LogP contribution in [0.5, 0.6) is 5.75 Å². The Morgan fingerprint density at radius 2 is 1.71 bits per heavy atom. The molecule has 1 saturated heterocycles. The van der Waals surface area contributed by atoms with E-state index >= 15 is 0 Å². The molecule has 1 N–H and O–H groups in total. The zero-order valence-corrected chi connectivity index (χ0v) is 19.9. The molecule has 3 rings (SSSR count). The average Bonchev–Trinajstić information content (AvgIpc) is 2.73. The summed E-state index contributed by atoms with van der Waals surface area (Å²) in [5.41, 5.74) is 1.61. The number of hydrogen-bond donors (Lipinski definition) is 1. The number of benzene rings is 2. The van der Waals surface area contributed by atoms with Crippen LogP contribution in [0.4, 0.5) is 5.69 Å². The van der Waals surface area contributed by atoms with Gasteiger partial charge < -0.3 is 10.1 Å². The molecule has 0 aromatic heterocycles. The van der Waals surface area contributed by atoms with Crippen LogP contribution in [0, 0.1) is 6.92 Å². The summed E-state index contributed by atoms with van der Waals surface area (Å²) in [5, 5.41) is 3.09. The number of anilines is 1. The van der Waals surface area contributed by atoms with Gasteiger partial charge in [0.05, 0.1) is 28.9 Å². The lowest BCUT2D eigenvalue weighted by Crippen LogP contribution is -2.54. The standard InChI is InChI=1S/C21H25Cl2N3O4S/c1-14-7-8-19(30-3)18(13-14)24-21(27)15(2)25-9-11-26(12-10-25)31(28,29)20-16(22)5-4-6-17(20)23/h4-8,13,15H,9-12H2,1-3H3,(H,24,27). The van der Waals surface area contributed by atoms with Crippen LogP contribution in [-0.4, -0.2) is 62.9 Å². The number of rotatable bonds is 6. The van der Waals surface area contributed by atoms with Crippen LogP contribution in [0.1, 0.15) is 12.5 Å². The highest BCUT2D eigenvalue weighted by atomic mass is 35.5. The SMILES string of the molecule is COc1ccc(C)cc1NC(=O)C(C)N1CCN(S(=O)(=O)c2c(Cl)cccc2Cl)CC1. The van der Waals surface area contributed by atoms with Crippen molar-refractivity contribution in [2.75, 3.05) is 38.6 Å². The molecule has 1 aliphatic heterocycles. The summed E-state index contributed by atoms with van der Waals surface area (Å²) >= 11 is 12.2. The number of ether oxygens (including phenoxy) is 1. The van der Waals surface area contributed by atoms with Gasteiger partial charge >= 0.3 is 0 Å². The lowest BCUT2D eigenvalue weighted by atomic mass is 10.2. The van der Waals surface area contributed by atoms with Crippen LogP contribution >= 0.6 is 23.2 Å². The van der Waals surface area contributed by atoms with Crippen molar-refractivity contribution in [1.29, 1.82) is 0 Å². The van der Waals surface area contributed by atoms with E-state index in [9.17, 15) is 13.2 Å². The molecule has 1 aliphatic rings. The molecule has 1 atom stereocenters. The van der Waals surface area contributed by atoms with E-state index in [4.69, 9.17) is 27.9 Å². The number of carbonyl (C=O) groups is 1. The maximum Gasteiger partial charge on any atom is 0.246 e. The summed E-state index contributed by atoms with van der Waals surface area (Å²) in [7, 11) is -2.28. The molecule has 168 valence electrons. The highest BCUT2D eigenvalue weighted by Crippen LogP contribution is 2.32. The van der Waals surface area contributed by atoms with Gasteiger partial charge in [0.1, 0.15) is 10.6 Å². The Balaban J connectivity index is 1.66. The van der Waals surface area contributed by atoms with Crippen molar-refractivity contribution in [3.05, 3.63) is 52.0 Å². The van der Waals surface area contributed by atoms with Crippen LogP contribution in [0.25, 0.3) is 0 Å². The zero-order valence-electron chi connectivity index (χ0n) is 17.6. The number of hydrogen-bond acceptors (Lipinski definition) is 5. The summed E-state index contributed by atoms with van der Waals surface area (Å²) in [6, 6.07) is 9.72. The van der Waals surface area contributed by atoms with Crippen molar-refractivity contribution in [3.8, 4) is 5.75 Å². The molecule has 2 aromatic rings. The minimum atomic E-state index is -3.83. The number of nitrogens with zero attached hydrogens (tertiary/aromatic N) is 2. The molecule has 0 aliphatic carbocycles. The van der Waals surface area contributed by atoms with Gasteiger partial charge in [-0.25, -0.2) is 8.42 Å². The monoisotopic (exact) mass is 485 g/mol. The van der Waals surface area contributed by atoms with Crippen LogP contribution in [-0.2, 0) is 14.8 Å². The van der Waals surface area contributed by atoms with Crippen molar-refractivity contribution < 1.29 is 17.9 Å². The van der Waals surface area contributed by atoms with Gasteiger partial charge in [-0.3, -0.25) is 9.69 Å². The Labute approximate surface area is 192 Å². The Morgan fingerprint density at radius 3 is 2.29 bits per heavy atom. The van der Waals surface area contributed by atoms with Gasteiger partial charge in [0.15, 0.2) is 0 Å². The molecule has 0 saturated carbocycles. The molecule has 1 unspecified atom stereocenters. The average molecular weight is 486 g/mol. The van der Waals surface area contributed by atoms with Gasteiger partial charge in [-0.15, -0.1) is 0 Å². The number of carbonyl (C=O) groups excluding carboxylic acids is 1. The summed E-state index contributed by atoms with van der Waals surface area (Å²) in [4.78, 5) is 14.7. The van der Waals surface area contributed by atoms with Gasteiger partial charge in [0, 0.05) is 26.2 Å². The van der Waals surface area contributed by atoms with E-state index < -0.39 is 16.1 Å². The second-order valence-corrected chi connectivity index (χ2v) is 10.0. The molecule has 0 spiro atoms. The lowest BCUT2D eigenvalue weighted by Gasteiger charge is -2.37. The number of amides is 1. The predicted octanol–water partition coefficient (Wildman–Crippen LogP) is 3.64. The Hall–Kier alpha value is -1.84.